The van der Waals surface area contributed by atoms with Crippen molar-refractivity contribution < 1.29 is 18.4 Å². The molecule has 0 saturated heterocycles. The van der Waals surface area contributed by atoms with Gasteiger partial charge in [0, 0.05) is 19.2 Å². The summed E-state index contributed by atoms with van der Waals surface area (Å²) in [6.07, 6.45) is 2.98. The molecular weight excluding hydrogens is 372 g/mol. The normalized spacial score (nSPS) is 10.6. The smallest absolute Gasteiger partial charge is 0.287 e. The van der Waals surface area contributed by atoms with Crippen molar-refractivity contribution in [2.75, 3.05) is 13.1 Å². The standard InChI is InChI=1S/C21H18N4O4/c26-20(22-10-11-23-21(27)19-9-5-13-29-19)17-14-16(18-8-4-12-28-18)24-25(17)15-6-2-1-3-7-15/h1-9,12-14H,10-11H2,(H,22,26)(H,23,27). The molecule has 0 atom stereocenters. The fourth-order valence-electron chi connectivity index (χ4n) is 2.79. The summed E-state index contributed by atoms with van der Waals surface area (Å²) in [6, 6.07) is 17.8. The van der Waals surface area contributed by atoms with Crippen LogP contribution in [-0.2, 0) is 0 Å². The van der Waals surface area contributed by atoms with E-state index in [0.29, 0.717) is 17.1 Å². The van der Waals surface area contributed by atoms with Crippen molar-refractivity contribution in [1.29, 1.82) is 0 Å². The Labute approximate surface area is 166 Å². The van der Waals surface area contributed by atoms with E-state index in [1.165, 1.54) is 6.26 Å². The minimum atomic E-state index is -0.335. The predicted molar refractivity (Wildman–Crippen MR) is 105 cm³/mol. The number of para-hydroxylation sites is 1. The Morgan fingerprint density at radius 2 is 1.59 bits per heavy atom. The van der Waals surface area contributed by atoms with Crippen molar-refractivity contribution in [2.45, 2.75) is 0 Å². The summed E-state index contributed by atoms with van der Waals surface area (Å²) in [5.74, 6) is 0.145. The van der Waals surface area contributed by atoms with Crippen LogP contribution < -0.4 is 10.6 Å². The third-order valence-electron chi connectivity index (χ3n) is 4.16. The molecule has 0 unspecified atom stereocenters. The molecule has 0 bridgehead atoms. The average molecular weight is 390 g/mol. The molecule has 3 heterocycles. The second-order valence-electron chi connectivity index (χ2n) is 6.13. The number of nitrogens with one attached hydrogen (secondary N) is 2. The van der Waals surface area contributed by atoms with Gasteiger partial charge in [0.25, 0.3) is 11.8 Å². The van der Waals surface area contributed by atoms with E-state index in [0.717, 1.165) is 5.69 Å². The minimum absolute atomic E-state index is 0.224. The Morgan fingerprint density at radius 1 is 0.862 bits per heavy atom. The first-order valence-corrected chi connectivity index (χ1v) is 9.01. The Balaban J connectivity index is 1.46. The van der Waals surface area contributed by atoms with Crippen molar-refractivity contribution in [1.82, 2.24) is 20.4 Å². The largest absolute Gasteiger partial charge is 0.463 e. The maximum absolute atomic E-state index is 12.8. The number of hydrogen-bond acceptors (Lipinski definition) is 5. The monoisotopic (exact) mass is 390 g/mol. The fourth-order valence-corrected chi connectivity index (χ4v) is 2.79. The first-order chi connectivity index (χ1) is 14.2. The summed E-state index contributed by atoms with van der Waals surface area (Å²) in [7, 11) is 0. The number of hydrogen-bond donors (Lipinski definition) is 2. The summed E-state index contributed by atoms with van der Waals surface area (Å²) in [4.78, 5) is 24.6. The fraction of sp³-hybridized carbons (Fsp3) is 0.0952. The van der Waals surface area contributed by atoms with Gasteiger partial charge < -0.3 is 19.5 Å². The maximum Gasteiger partial charge on any atom is 0.287 e. The number of carbonyl (C=O) groups excluding carboxylic acids is 2. The van der Waals surface area contributed by atoms with Gasteiger partial charge in [-0.15, -0.1) is 0 Å². The van der Waals surface area contributed by atoms with Gasteiger partial charge in [0.2, 0.25) is 0 Å². The molecule has 8 heteroatoms. The lowest BCUT2D eigenvalue weighted by Crippen LogP contribution is -2.35. The van der Waals surface area contributed by atoms with E-state index < -0.39 is 0 Å². The number of rotatable bonds is 7. The lowest BCUT2D eigenvalue weighted by molar-refractivity contribution is 0.0908. The molecular formula is C21H18N4O4. The minimum Gasteiger partial charge on any atom is -0.463 e. The quantitative estimate of drug-likeness (QED) is 0.473. The zero-order valence-electron chi connectivity index (χ0n) is 15.4. The van der Waals surface area contributed by atoms with E-state index in [2.05, 4.69) is 15.7 Å². The first kappa shape index (κ1) is 18.3. The van der Waals surface area contributed by atoms with Gasteiger partial charge in [-0.1, -0.05) is 18.2 Å². The molecule has 2 amide bonds. The van der Waals surface area contributed by atoms with Gasteiger partial charge in [-0.2, -0.15) is 5.10 Å². The lowest BCUT2D eigenvalue weighted by Gasteiger charge is -2.08. The van der Waals surface area contributed by atoms with Gasteiger partial charge >= 0.3 is 0 Å². The first-order valence-electron chi connectivity index (χ1n) is 9.01. The molecule has 4 rings (SSSR count). The molecule has 1 aromatic carbocycles. The molecule has 3 aromatic heterocycles. The molecule has 0 fully saturated rings. The molecule has 0 aliphatic rings. The van der Waals surface area contributed by atoms with E-state index in [9.17, 15) is 9.59 Å². The SMILES string of the molecule is O=C(NCCNC(=O)c1cc(-c2ccco2)nn1-c1ccccc1)c1ccco1. The van der Waals surface area contributed by atoms with Crippen LogP contribution in [-0.4, -0.2) is 34.7 Å². The maximum atomic E-state index is 12.8. The molecule has 0 aliphatic heterocycles. The van der Waals surface area contributed by atoms with Gasteiger partial charge in [0.05, 0.1) is 18.2 Å². The molecule has 29 heavy (non-hydrogen) atoms. The topological polar surface area (TPSA) is 102 Å². The van der Waals surface area contributed by atoms with Gasteiger partial charge in [-0.3, -0.25) is 9.59 Å². The Hall–Kier alpha value is -4.07. The van der Waals surface area contributed by atoms with E-state index in [-0.39, 0.29) is 30.7 Å². The molecule has 0 aliphatic carbocycles. The molecule has 4 aromatic rings. The van der Waals surface area contributed by atoms with Crippen LogP contribution in [0.2, 0.25) is 0 Å². The molecule has 0 radical (unpaired) electrons. The number of benzene rings is 1. The van der Waals surface area contributed by atoms with Crippen molar-refractivity contribution in [3.05, 3.63) is 84.6 Å². The predicted octanol–water partition coefficient (Wildman–Crippen LogP) is 2.89. The molecule has 2 N–H and O–H groups in total. The summed E-state index contributed by atoms with van der Waals surface area (Å²) < 4.78 is 12.0. The van der Waals surface area contributed by atoms with Gasteiger partial charge in [-0.05, 0) is 36.4 Å². The molecule has 0 saturated carbocycles. The summed E-state index contributed by atoms with van der Waals surface area (Å²) >= 11 is 0. The number of carbonyl (C=O) groups is 2. The van der Waals surface area contributed by atoms with Crippen molar-refractivity contribution in [2.24, 2.45) is 0 Å². The van der Waals surface area contributed by atoms with Crippen molar-refractivity contribution in [3.8, 4) is 17.1 Å². The Bertz CT molecular complexity index is 1080. The van der Waals surface area contributed by atoms with E-state index in [4.69, 9.17) is 8.83 Å². The highest BCUT2D eigenvalue weighted by Crippen LogP contribution is 2.22. The van der Waals surface area contributed by atoms with E-state index in [1.54, 1.807) is 41.3 Å². The molecule has 0 spiro atoms. The second-order valence-corrected chi connectivity index (χ2v) is 6.13. The number of furan rings is 2. The van der Waals surface area contributed by atoms with Crippen LogP contribution in [0.4, 0.5) is 0 Å². The average Bonchev–Trinajstić information content (AvgIpc) is 3.51. The van der Waals surface area contributed by atoms with Crippen LogP contribution in [0.15, 0.2) is 82.0 Å². The zero-order valence-corrected chi connectivity index (χ0v) is 15.4. The molecule has 8 nitrogen and oxygen atoms in total. The summed E-state index contributed by atoms with van der Waals surface area (Å²) in [5, 5.41) is 9.99. The third-order valence-corrected chi connectivity index (χ3v) is 4.16. The second kappa shape index (κ2) is 8.30. The van der Waals surface area contributed by atoms with Crippen molar-refractivity contribution >= 4 is 11.8 Å². The highest BCUT2D eigenvalue weighted by molar-refractivity contribution is 5.94. The summed E-state index contributed by atoms with van der Waals surface area (Å²) in [5.41, 5.74) is 1.66. The van der Waals surface area contributed by atoms with Gasteiger partial charge in [-0.25, -0.2) is 4.68 Å². The Kier molecular flexibility index (Phi) is 5.24. The van der Waals surface area contributed by atoms with E-state index in [1.807, 2.05) is 30.3 Å². The van der Waals surface area contributed by atoms with E-state index >= 15 is 0 Å². The van der Waals surface area contributed by atoms with Gasteiger partial charge in [0.1, 0.15) is 11.4 Å². The highest BCUT2D eigenvalue weighted by atomic mass is 16.3. The molecule has 146 valence electrons. The number of amides is 2. The lowest BCUT2D eigenvalue weighted by atomic mass is 10.2. The van der Waals surface area contributed by atoms with Crippen LogP contribution in [0.1, 0.15) is 21.0 Å². The third kappa shape index (κ3) is 4.11. The van der Waals surface area contributed by atoms with Crippen LogP contribution in [0, 0.1) is 0 Å². The highest BCUT2D eigenvalue weighted by Gasteiger charge is 2.18. The van der Waals surface area contributed by atoms with Crippen molar-refractivity contribution in [3.63, 3.8) is 0 Å². The van der Waals surface area contributed by atoms with Crippen LogP contribution in [0.25, 0.3) is 17.1 Å². The van der Waals surface area contributed by atoms with Gasteiger partial charge in [0.15, 0.2) is 11.5 Å². The van der Waals surface area contributed by atoms with Crippen LogP contribution >= 0.6 is 0 Å². The van der Waals surface area contributed by atoms with Crippen LogP contribution in [0.5, 0.6) is 0 Å². The number of aromatic nitrogens is 2. The number of nitrogens with zero attached hydrogens (tertiary/aromatic N) is 2. The van der Waals surface area contributed by atoms with Crippen LogP contribution in [0.3, 0.4) is 0 Å². The summed E-state index contributed by atoms with van der Waals surface area (Å²) in [6.45, 7) is 0.511. The Morgan fingerprint density at radius 3 is 2.28 bits per heavy atom. The zero-order chi connectivity index (χ0) is 20.1.